The largest absolute Gasteiger partial charge is 0.333 e. The minimum Gasteiger partial charge on any atom is -0.333 e. The predicted molar refractivity (Wildman–Crippen MR) is 53.7 cm³/mol. The van der Waals surface area contributed by atoms with Crippen molar-refractivity contribution >= 4 is 6.03 Å². The van der Waals surface area contributed by atoms with E-state index in [9.17, 15) is 4.79 Å². The quantitative estimate of drug-likeness (QED) is 0.613. The molecule has 0 saturated carbocycles. The lowest BCUT2D eigenvalue weighted by Crippen LogP contribution is -2.49. The van der Waals surface area contributed by atoms with E-state index < -0.39 is 0 Å². The van der Waals surface area contributed by atoms with Crippen LogP contribution in [0, 0.1) is 0 Å². The van der Waals surface area contributed by atoms with E-state index >= 15 is 0 Å². The number of rotatable bonds is 0. The zero-order valence-corrected chi connectivity index (χ0v) is 9.05. The van der Waals surface area contributed by atoms with Gasteiger partial charge in [-0.1, -0.05) is 0 Å². The van der Waals surface area contributed by atoms with Gasteiger partial charge < -0.3 is 10.2 Å². The highest BCUT2D eigenvalue weighted by atomic mass is 16.2. The van der Waals surface area contributed by atoms with Crippen molar-refractivity contribution in [3.05, 3.63) is 0 Å². The first-order chi connectivity index (χ1) is 5.90. The summed E-state index contributed by atoms with van der Waals surface area (Å²) in [5.74, 6) is 0. The SMILES string of the molecule is C[C@@H]1CCCN1C(=O)NC(C)(C)C. The van der Waals surface area contributed by atoms with Crippen LogP contribution in [-0.2, 0) is 0 Å². The lowest BCUT2D eigenvalue weighted by Gasteiger charge is -2.28. The normalized spacial score (nSPS) is 23.4. The monoisotopic (exact) mass is 184 g/mol. The molecule has 1 heterocycles. The molecule has 76 valence electrons. The van der Waals surface area contributed by atoms with E-state index in [0.717, 1.165) is 19.4 Å². The first-order valence-electron chi connectivity index (χ1n) is 4.99. The van der Waals surface area contributed by atoms with E-state index in [1.54, 1.807) is 0 Å². The number of nitrogens with one attached hydrogen (secondary N) is 1. The molecule has 0 aromatic carbocycles. The molecule has 1 rings (SSSR count). The fourth-order valence-corrected chi connectivity index (χ4v) is 1.63. The molecule has 1 atom stereocenters. The molecule has 0 radical (unpaired) electrons. The molecule has 13 heavy (non-hydrogen) atoms. The van der Waals surface area contributed by atoms with Crippen LogP contribution in [0.4, 0.5) is 4.79 Å². The van der Waals surface area contributed by atoms with Crippen LogP contribution in [0.5, 0.6) is 0 Å². The summed E-state index contributed by atoms with van der Waals surface area (Å²) < 4.78 is 0. The third-order valence-electron chi connectivity index (χ3n) is 2.30. The second-order valence-corrected chi connectivity index (χ2v) is 4.86. The molecule has 0 unspecified atom stereocenters. The van der Waals surface area contributed by atoms with Crippen LogP contribution in [0.25, 0.3) is 0 Å². The van der Waals surface area contributed by atoms with Crippen molar-refractivity contribution in [1.82, 2.24) is 10.2 Å². The molecular weight excluding hydrogens is 164 g/mol. The van der Waals surface area contributed by atoms with Crippen molar-refractivity contribution in [2.45, 2.75) is 52.1 Å². The number of hydrogen-bond donors (Lipinski definition) is 1. The Balaban J connectivity index is 2.48. The maximum absolute atomic E-state index is 11.7. The number of hydrogen-bond acceptors (Lipinski definition) is 1. The van der Waals surface area contributed by atoms with Crippen LogP contribution in [0.3, 0.4) is 0 Å². The van der Waals surface area contributed by atoms with Gasteiger partial charge in [-0.25, -0.2) is 4.79 Å². The Bertz CT molecular complexity index is 196. The molecule has 0 aliphatic carbocycles. The lowest BCUT2D eigenvalue weighted by molar-refractivity contribution is 0.187. The van der Waals surface area contributed by atoms with Crippen molar-refractivity contribution < 1.29 is 4.79 Å². The molecule has 0 aromatic rings. The number of urea groups is 1. The fraction of sp³-hybridized carbons (Fsp3) is 0.900. The van der Waals surface area contributed by atoms with Gasteiger partial charge in [0.25, 0.3) is 0 Å². The van der Waals surface area contributed by atoms with Gasteiger partial charge in [0.2, 0.25) is 0 Å². The summed E-state index contributed by atoms with van der Waals surface area (Å²) in [6.45, 7) is 9.03. The number of nitrogens with zero attached hydrogens (tertiary/aromatic N) is 1. The van der Waals surface area contributed by atoms with E-state index in [0.29, 0.717) is 6.04 Å². The highest BCUT2D eigenvalue weighted by Gasteiger charge is 2.27. The van der Waals surface area contributed by atoms with Gasteiger partial charge in [0.1, 0.15) is 0 Å². The third-order valence-corrected chi connectivity index (χ3v) is 2.30. The topological polar surface area (TPSA) is 32.3 Å². The third kappa shape index (κ3) is 2.90. The van der Waals surface area contributed by atoms with Gasteiger partial charge in [-0.15, -0.1) is 0 Å². The average molecular weight is 184 g/mol. The molecule has 0 bridgehead atoms. The molecule has 3 nitrogen and oxygen atoms in total. The summed E-state index contributed by atoms with van der Waals surface area (Å²) in [7, 11) is 0. The van der Waals surface area contributed by atoms with Crippen molar-refractivity contribution in [2.75, 3.05) is 6.54 Å². The first kappa shape index (κ1) is 10.4. The second kappa shape index (κ2) is 3.56. The summed E-state index contributed by atoms with van der Waals surface area (Å²) in [5, 5.41) is 2.98. The van der Waals surface area contributed by atoms with Crippen LogP contribution >= 0.6 is 0 Å². The highest BCUT2D eigenvalue weighted by Crippen LogP contribution is 2.16. The highest BCUT2D eigenvalue weighted by molar-refractivity contribution is 5.75. The maximum Gasteiger partial charge on any atom is 0.318 e. The molecular formula is C10H20N2O. The average Bonchev–Trinajstić information content (AvgIpc) is 2.30. The van der Waals surface area contributed by atoms with Crippen molar-refractivity contribution in [3.63, 3.8) is 0 Å². The first-order valence-corrected chi connectivity index (χ1v) is 4.99. The van der Waals surface area contributed by atoms with E-state index in [1.165, 1.54) is 0 Å². The Morgan fingerprint density at radius 2 is 2.08 bits per heavy atom. The Morgan fingerprint density at radius 1 is 1.46 bits per heavy atom. The fourth-order valence-electron chi connectivity index (χ4n) is 1.63. The molecule has 2 amide bonds. The van der Waals surface area contributed by atoms with Gasteiger partial charge in [0.05, 0.1) is 0 Å². The van der Waals surface area contributed by atoms with Crippen molar-refractivity contribution in [1.29, 1.82) is 0 Å². The minimum absolute atomic E-state index is 0.0810. The molecule has 0 aromatic heterocycles. The van der Waals surface area contributed by atoms with Crippen molar-refractivity contribution in [3.8, 4) is 0 Å². The zero-order chi connectivity index (χ0) is 10.1. The van der Waals surface area contributed by atoms with Gasteiger partial charge in [-0.3, -0.25) is 0 Å². The molecule has 1 fully saturated rings. The van der Waals surface area contributed by atoms with E-state index in [4.69, 9.17) is 0 Å². The minimum atomic E-state index is -0.126. The standard InChI is InChI=1S/C10H20N2O/c1-8-6-5-7-12(8)9(13)11-10(2,3)4/h8H,5-7H2,1-4H3,(H,11,13)/t8-/m1/s1. The van der Waals surface area contributed by atoms with Crippen molar-refractivity contribution in [2.24, 2.45) is 0 Å². The maximum atomic E-state index is 11.7. The molecule has 1 aliphatic rings. The molecule has 1 aliphatic heterocycles. The lowest BCUT2D eigenvalue weighted by atomic mass is 10.1. The molecule has 1 N–H and O–H groups in total. The summed E-state index contributed by atoms with van der Waals surface area (Å²) in [4.78, 5) is 13.6. The van der Waals surface area contributed by atoms with Gasteiger partial charge in [-0.05, 0) is 40.5 Å². The van der Waals surface area contributed by atoms with Crippen LogP contribution in [0.15, 0.2) is 0 Å². The second-order valence-electron chi connectivity index (χ2n) is 4.86. The smallest absolute Gasteiger partial charge is 0.318 e. The predicted octanol–water partition coefficient (Wildman–Crippen LogP) is 1.98. The molecule has 0 spiro atoms. The Kier molecular flexibility index (Phi) is 2.84. The van der Waals surface area contributed by atoms with Crippen LogP contribution in [-0.4, -0.2) is 29.1 Å². The number of likely N-dealkylation sites (tertiary alicyclic amines) is 1. The van der Waals surface area contributed by atoms with E-state index in [-0.39, 0.29) is 11.6 Å². The van der Waals surface area contributed by atoms with Crippen LogP contribution in [0.2, 0.25) is 0 Å². The van der Waals surface area contributed by atoms with Gasteiger partial charge >= 0.3 is 6.03 Å². The Morgan fingerprint density at radius 3 is 2.46 bits per heavy atom. The van der Waals surface area contributed by atoms with Gasteiger partial charge in [0, 0.05) is 18.1 Å². The molecule has 1 saturated heterocycles. The van der Waals surface area contributed by atoms with Gasteiger partial charge in [0.15, 0.2) is 0 Å². The Hall–Kier alpha value is -0.730. The van der Waals surface area contributed by atoms with Crippen LogP contribution in [0.1, 0.15) is 40.5 Å². The summed E-state index contributed by atoms with van der Waals surface area (Å²) in [6, 6.07) is 0.486. The number of carbonyl (C=O) groups is 1. The summed E-state index contributed by atoms with van der Waals surface area (Å²) in [6.07, 6.45) is 2.27. The molecule has 3 heteroatoms. The number of amides is 2. The van der Waals surface area contributed by atoms with E-state index in [2.05, 4.69) is 12.2 Å². The summed E-state index contributed by atoms with van der Waals surface area (Å²) in [5.41, 5.74) is -0.126. The van der Waals surface area contributed by atoms with E-state index in [1.807, 2.05) is 25.7 Å². The zero-order valence-electron chi connectivity index (χ0n) is 9.05. The van der Waals surface area contributed by atoms with Crippen LogP contribution < -0.4 is 5.32 Å². The summed E-state index contributed by atoms with van der Waals surface area (Å²) >= 11 is 0. The van der Waals surface area contributed by atoms with Gasteiger partial charge in [-0.2, -0.15) is 0 Å². The number of carbonyl (C=O) groups excluding carboxylic acids is 1. The Labute approximate surface area is 80.5 Å².